The summed E-state index contributed by atoms with van der Waals surface area (Å²) in [6, 6.07) is -0.562. The number of amides is 1. The normalized spacial score (nSPS) is 12.9. The second-order valence-corrected chi connectivity index (χ2v) is 5.50. The topological polar surface area (TPSA) is 73.9 Å². The average Bonchev–Trinajstić information content (AvgIpc) is 2.28. The fraction of sp³-hybridized carbons (Fsp3) is 0.727. The molecule has 1 atom stereocenters. The number of nitrogens with one attached hydrogen (secondary N) is 1. The van der Waals surface area contributed by atoms with Crippen LogP contribution in [0.25, 0.3) is 0 Å². The molecule has 0 aromatic carbocycles. The number of carbonyl (C=O) groups is 1. The maximum absolute atomic E-state index is 12.4. The summed E-state index contributed by atoms with van der Waals surface area (Å²) < 4.78 is 27.4. The van der Waals surface area contributed by atoms with Crippen LogP contribution in [0.3, 0.4) is 0 Å². The zero-order valence-corrected chi connectivity index (χ0v) is 12.3. The zero-order chi connectivity index (χ0) is 14.2. The molecule has 0 aliphatic carbocycles. The Bertz CT molecular complexity index is 321. The molecule has 0 spiro atoms. The molecule has 0 fully saturated rings. The molecule has 0 heterocycles. The van der Waals surface area contributed by atoms with E-state index in [1.54, 1.807) is 27.7 Å². The third-order valence-electron chi connectivity index (χ3n) is 2.06. The quantitative estimate of drug-likeness (QED) is 0.691. The Balaban J connectivity index is 4.66. The van der Waals surface area contributed by atoms with Gasteiger partial charge in [-0.1, -0.05) is 6.58 Å². The first-order valence-electron chi connectivity index (χ1n) is 5.93. The van der Waals surface area contributed by atoms with Crippen molar-refractivity contribution < 1.29 is 23.1 Å². The second kappa shape index (κ2) is 8.29. The first-order valence-corrected chi connectivity index (χ1v) is 7.47. The Morgan fingerprint density at radius 3 is 2.11 bits per heavy atom. The van der Waals surface area contributed by atoms with E-state index in [2.05, 4.69) is 11.9 Å². The van der Waals surface area contributed by atoms with Crippen LogP contribution in [0.4, 0.5) is 4.79 Å². The number of alkyl carbamates (subject to hydrolysis) is 1. The summed E-state index contributed by atoms with van der Waals surface area (Å²) in [6.45, 7) is 11.2. The van der Waals surface area contributed by atoms with Crippen molar-refractivity contribution in [1.82, 2.24) is 5.32 Å². The highest BCUT2D eigenvalue weighted by atomic mass is 31.2. The van der Waals surface area contributed by atoms with Crippen LogP contribution in [-0.4, -0.2) is 32.0 Å². The Labute approximate surface area is 108 Å². The Morgan fingerprint density at radius 2 is 1.72 bits per heavy atom. The van der Waals surface area contributed by atoms with Crippen molar-refractivity contribution in [3.63, 3.8) is 0 Å². The van der Waals surface area contributed by atoms with Gasteiger partial charge >= 0.3 is 13.7 Å². The van der Waals surface area contributed by atoms with Crippen molar-refractivity contribution in [2.45, 2.75) is 33.7 Å². The van der Waals surface area contributed by atoms with Crippen molar-refractivity contribution in [3.8, 4) is 0 Å². The van der Waals surface area contributed by atoms with Crippen LogP contribution in [-0.2, 0) is 18.3 Å². The molecule has 106 valence electrons. The van der Waals surface area contributed by atoms with E-state index in [0.29, 0.717) is 0 Å². The van der Waals surface area contributed by atoms with E-state index in [1.807, 2.05) is 0 Å². The molecular formula is C11H22NO5P. The maximum Gasteiger partial charge on any atom is 0.407 e. The van der Waals surface area contributed by atoms with Crippen LogP contribution in [0.15, 0.2) is 11.9 Å². The molecule has 0 radical (unpaired) electrons. The van der Waals surface area contributed by atoms with Gasteiger partial charge in [0.1, 0.15) is 0 Å². The van der Waals surface area contributed by atoms with Crippen LogP contribution in [0.1, 0.15) is 27.7 Å². The van der Waals surface area contributed by atoms with E-state index in [1.165, 1.54) is 0 Å². The fourth-order valence-corrected chi connectivity index (χ4v) is 2.84. The zero-order valence-electron chi connectivity index (χ0n) is 11.4. The van der Waals surface area contributed by atoms with Crippen LogP contribution in [0, 0.1) is 0 Å². The lowest BCUT2D eigenvalue weighted by Crippen LogP contribution is -2.34. The molecule has 1 unspecified atom stereocenters. The van der Waals surface area contributed by atoms with Crippen molar-refractivity contribution in [2.24, 2.45) is 0 Å². The van der Waals surface area contributed by atoms with Gasteiger partial charge in [-0.25, -0.2) is 4.79 Å². The highest BCUT2D eigenvalue weighted by Gasteiger charge is 2.32. The Morgan fingerprint density at radius 1 is 1.22 bits per heavy atom. The number of rotatable bonds is 8. The lowest BCUT2D eigenvalue weighted by atomic mass is 10.3. The van der Waals surface area contributed by atoms with Crippen molar-refractivity contribution in [2.75, 3.05) is 19.8 Å². The lowest BCUT2D eigenvalue weighted by Gasteiger charge is -2.23. The summed E-state index contributed by atoms with van der Waals surface area (Å²) in [5.41, 5.74) is 0. The summed E-state index contributed by atoms with van der Waals surface area (Å²) >= 11 is 0. The summed E-state index contributed by atoms with van der Waals surface area (Å²) in [5.74, 6) is 0. The third-order valence-corrected chi connectivity index (χ3v) is 4.35. The van der Waals surface area contributed by atoms with Gasteiger partial charge in [-0.3, -0.25) is 4.57 Å². The smallest absolute Gasteiger partial charge is 0.407 e. The molecular weight excluding hydrogens is 257 g/mol. The van der Waals surface area contributed by atoms with Gasteiger partial charge in [0.2, 0.25) is 0 Å². The van der Waals surface area contributed by atoms with Gasteiger partial charge in [0.05, 0.1) is 31.2 Å². The Hall–Kier alpha value is -0.840. The highest BCUT2D eigenvalue weighted by Crippen LogP contribution is 2.56. The molecule has 0 aliphatic heterocycles. The number of carbonyl (C=O) groups excluding carboxylic acids is 1. The van der Waals surface area contributed by atoms with Gasteiger partial charge in [0.25, 0.3) is 0 Å². The molecule has 0 aromatic heterocycles. The Kier molecular flexibility index (Phi) is 7.91. The van der Waals surface area contributed by atoms with Gasteiger partial charge in [-0.05, 0) is 27.7 Å². The van der Waals surface area contributed by atoms with Gasteiger partial charge in [0, 0.05) is 0 Å². The van der Waals surface area contributed by atoms with Crippen molar-refractivity contribution >= 4 is 13.7 Å². The first-order chi connectivity index (χ1) is 8.41. The summed E-state index contributed by atoms with van der Waals surface area (Å²) in [7, 11) is -3.41. The average molecular weight is 279 g/mol. The van der Waals surface area contributed by atoms with Crippen molar-refractivity contribution in [1.29, 1.82) is 0 Å². The SMILES string of the molecule is C=C(C(C)NC(=O)OCC)P(=O)(OCC)OCC. The van der Waals surface area contributed by atoms with E-state index in [4.69, 9.17) is 13.8 Å². The molecule has 1 N–H and O–H groups in total. The van der Waals surface area contributed by atoms with Gasteiger partial charge < -0.3 is 19.1 Å². The highest BCUT2D eigenvalue weighted by molar-refractivity contribution is 7.58. The molecule has 0 bridgehead atoms. The summed E-state index contributed by atoms with van der Waals surface area (Å²) in [4.78, 5) is 11.3. The largest absolute Gasteiger partial charge is 0.450 e. The molecule has 0 aliphatic rings. The number of ether oxygens (including phenoxy) is 1. The molecule has 6 nitrogen and oxygen atoms in total. The molecule has 0 rings (SSSR count). The molecule has 18 heavy (non-hydrogen) atoms. The van der Waals surface area contributed by atoms with E-state index in [9.17, 15) is 9.36 Å². The van der Waals surface area contributed by atoms with Crippen LogP contribution < -0.4 is 5.32 Å². The summed E-state index contributed by atoms with van der Waals surface area (Å²) in [5, 5.41) is 2.72. The predicted octanol–water partition coefficient (Wildman–Crippen LogP) is 2.90. The van der Waals surface area contributed by atoms with Gasteiger partial charge in [-0.15, -0.1) is 0 Å². The van der Waals surface area contributed by atoms with E-state index >= 15 is 0 Å². The molecule has 7 heteroatoms. The second-order valence-electron chi connectivity index (χ2n) is 3.41. The van der Waals surface area contributed by atoms with Gasteiger partial charge in [-0.2, -0.15) is 0 Å². The minimum atomic E-state index is -3.41. The van der Waals surface area contributed by atoms with Crippen molar-refractivity contribution in [3.05, 3.63) is 11.9 Å². The molecule has 0 saturated heterocycles. The van der Waals surface area contributed by atoms with Crippen LogP contribution >= 0.6 is 7.60 Å². The standard InChI is InChI=1S/C11H22NO5P/c1-6-15-11(13)12-9(4)10(5)18(14,16-7-2)17-8-3/h9H,5-8H2,1-4H3,(H,12,13). The molecule has 1 amide bonds. The molecule has 0 aromatic rings. The van der Waals surface area contributed by atoms with Gasteiger partial charge in [0.15, 0.2) is 0 Å². The minimum Gasteiger partial charge on any atom is -0.450 e. The monoisotopic (exact) mass is 279 g/mol. The van der Waals surface area contributed by atoms with E-state index < -0.39 is 19.7 Å². The predicted molar refractivity (Wildman–Crippen MR) is 69.6 cm³/mol. The number of hydrogen-bond donors (Lipinski definition) is 1. The maximum atomic E-state index is 12.4. The third kappa shape index (κ3) is 5.21. The molecule has 0 saturated carbocycles. The number of hydrogen-bond acceptors (Lipinski definition) is 5. The van der Waals surface area contributed by atoms with E-state index in [0.717, 1.165) is 0 Å². The summed E-state index contributed by atoms with van der Waals surface area (Å²) in [6.07, 6.45) is -0.592. The minimum absolute atomic E-state index is 0.208. The lowest BCUT2D eigenvalue weighted by molar-refractivity contribution is 0.150. The van der Waals surface area contributed by atoms with Crippen LogP contribution in [0.2, 0.25) is 0 Å². The first kappa shape index (κ1) is 17.2. The van der Waals surface area contributed by atoms with Crippen LogP contribution in [0.5, 0.6) is 0 Å². The fourth-order valence-electron chi connectivity index (χ4n) is 1.21. The van der Waals surface area contributed by atoms with E-state index in [-0.39, 0.29) is 25.1 Å².